The Morgan fingerprint density at radius 1 is 0.897 bits per heavy atom. The Hall–Kier alpha value is -0.210. The molecule has 7 rings (SSSR count). The minimum Gasteiger partial charge on any atom is -0.393 e. The van der Waals surface area contributed by atoms with Crippen LogP contribution in [0, 0.1) is 56.7 Å². The van der Waals surface area contributed by atoms with E-state index in [2.05, 4.69) is 34.6 Å². The van der Waals surface area contributed by atoms with Gasteiger partial charge in [-0.3, -0.25) is 0 Å². The predicted octanol–water partition coefficient (Wildman–Crippen LogP) is 4.83. The molecule has 1 saturated heterocycles. The number of sulfonamides is 1. The second kappa shape index (κ2) is 8.24. The van der Waals surface area contributed by atoms with E-state index in [1.165, 1.54) is 19.1 Å². The average molecular weight is 564 g/mol. The zero-order valence-electron chi connectivity index (χ0n) is 25.2. The molecular weight excluding hydrogens is 510 g/mol. The highest BCUT2D eigenvalue weighted by Gasteiger charge is 2.84. The number of hydrogen-bond donors (Lipinski definition) is 2. The second-order valence-electron chi connectivity index (χ2n) is 16.7. The molecule has 0 radical (unpaired) electrons. The van der Waals surface area contributed by atoms with E-state index in [9.17, 15) is 18.6 Å². The third kappa shape index (κ3) is 3.43. The molecular formula is C32H53NO5S. The van der Waals surface area contributed by atoms with E-state index in [-0.39, 0.29) is 34.6 Å². The van der Waals surface area contributed by atoms with Crippen molar-refractivity contribution in [3.05, 3.63) is 0 Å². The molecule has 222 valence electrons. The monoisotopic (exact) mass is 563 g/mol. The standard InChI is InChI=1S/C32H53NO5S/c1-19-15-21(17-33(39(6,36)37)16-20-7-8-20)38-26-25(19)29(4)13-14-32-18-31(32)12-11-24(34)28(2,3)22(31)9-10-23(32)30(29,5)27(26)35/h19-27,34-35H,7-18H2,1-6H3/t19-,21?,22+,23?,24+,25+,26?,27+,29-,30-,31-,32+/m1/s1. The summed E-state index contributed by atoms with van der Waals surface area (Å²) in [4.78, 5) is 0. The number of rotatable bonds is 5. The summed E-state index contributed by atoms with van der Waals surface area (Å²) in [5.41, 5.74) is 0.416. The summed E-state index contributed by atoms with van der Waals surface area (Å²) in [7, 11) is -3.29. The van der Waals surface area contributed by atoms with Gasteiger partial charge in [-0.1, -0.05) is 34.6 Å². The first-order valence-corrected chi connectivity index (χ1v) is 17.9. The smallest absolute Gasteiger partial charge is 0.211 e. The Kier molecular flexibility index (Phi) is 5.83. The largest absolute Gasteiger partial charge is 0.393 e. The second-order valence-corrected chi connectivity index (χ2v) is 18.7. The van der Waals surface area contributed by atoms with Crippen LogP contribution in [0.5, 0.6) is 0 Å². The van der Waals surface area contributed by atoms with Crippen molar-refractivity contribution < 1.29 is 23.4 Å². The van der Waals surface area contributed by atoms with Crippen molar-refractivity contribution in [1.29, 1.82) is 0 Å². The fourth-order valence-corrected chi connectivity index (χ4v) is 13.6. The number of aliphatic hydroxyl groups is 2. The molecule has 3 unspecified atom stereocenters. The van der Waals surface area contributed by atoms with Crippen LogP contribution in [0.2, 0.25) is 0 Å². The molecule has 2 spiro atoms. The molecule has 6 nitrogen and oxygen atoms in total. The summed E-state index contributed by atoms with van der Waals surface area (Å²) in [5, 5.41) is 23.3. The van der Waals surface area contributed by atoms with Gasteiger partial charge < -0.3 is 14.9 Å². The van der Waals surface area contributed by atoms with Crippen LogP contribution in [0.3, 0.4) is 0 Å². The number of ether oxygens (including phenoxy) is 1. The van der Waals surface area contributed by atoms with Gasteiger partial charge in [0, 0.05) is 18.5 Å². The maximum Gasteiger partial charge on any atom is 0.211 e. The highest BCUT2D eigenvalue weighted by atomic mass is 32.2. The molecule has 0 bridgehead atoms. The molecule has 2 N–H and O–H groups in total. The Bertz CT molecular complexity index is 1140. The lowest BCUT2D eigenvalue weighted by atomic mass is 9.41. The first-order chi connectivity index (χ1) is 18.1. The van der Waals surface area contributed by atoms with Crippen LogP contribution in [0.1, 0.15) is 98.8 Å². The van der Waals surface area contributed by atoms with Crippen molar-refractivity contribution in [2.45, 2.75) is 123 Å². The van der Waals surface area contributed by atoms with Crippen LogP contribution in [-0.4, -0.2) is 66.7 Å². The summed E-state index contributed by atoms with van der Waals surface area (Å²) in [6, 6.07) is 0. The lowest BCUT2D eigenvalue weighted by molar-refractivity contribution is -0.182. The molecule has 1 aliphatic heterocycles. The zero-order valence-corrected chi connectivity index (χ0v) is 26.0. The zero-order chi connectivity index (χ0) is 28.0. The number of fused-ring (bicyclic) bond motifs is 4. The van der Waals surface area contributed by atoms with E-state index in [4.69, 9.17) is 4.74 Å². The number of hydrogen-bond acceptors (Lipinski definition) is 5. The normalized spacial score (nSPS) is 55.7. The third-order valence-corrected chi connectivity index (χ3v) is 16.1. The fraction of sp³-hybridized carbons (Fsp3) is 1.00. The topological polar surface area (TPSA) is 87.1 Å². The molecule has 0 aromatic carbocycles. The first-order valence-electron chi connectivity index (χ1n) is 16.1. The Morgan fingerprint density at radius 3 is 2.23 bits per heavy atom. The molecule has 6 saturated carbocycles. The Balaban J connectivity index is 1.18. The van der Waals surface area contributed by atoms with E-state index in [0.717, 1.165) is 51.4 Å². The highest BCUT2D eigenvalue weighted by molar-refractivity contribution is 7.88. The minimum atomic E-state index is -3.29. The van der Waals surface area contributed by atoms with Crippen molar-refractivity contribution in [3.8, 4) is 0 Å². The molecule has 0 aromatic rings. The van der Waals surface area contributed by atoms with Crippen LogP contribution >= 0.6 is 0 Å². The van der Waals surface area contributed by atoms with Gasteiger partial charge in [0.1, 0.15) is 0 Å². The van der Waals surface area contributed by atoms with E-state index >= 15 is 0 Å². The SMILES string of the molecule is C[C@@H]1CC(CN(CC2CC2)S(C)(=O)=O)OC2[C@H]1[C@@]1(C)CC[C@@]34C[C@@]35CC[C@H](O)C(C)(C)[C@@H]5CCC4[C@]1(C)[C@H]2O. The third-order valence-electron chi connectivity index (χ3n) is 14.9. The van der Waals surface area contributed by atoms with Gasteiger partial charge in [0.25, 0.3) is 0 Å². The molecule has 0 aromatic heterocycles. The van der Waals surface area contributed by atoms with Gasteiger partial charge in [-0.25, -0.2) is 8.42 Å². The van der Waals surface area contributed by atoms with Crippen LogP contribution in [0.4, 0.5) is 0 Å². The first kappa shape index (κ1) is 27.6. The summed E-state index contributed by atoms with van der Waals surface area (Å²) in [6.07, 6.45) is 11.4. The highest BCUT2D eigenvalue weighted by Crippen LogP contribution is 2.89. The molecule has 6 aliphatic carbocycles. The van der Waals surface area contributed by atoms with E-state index in [1.54, 1.807) is 4.31 Å². The van der Waals surface area contributed by atoms with E-state index < -0.39 is 16.1 Å². The van der Waals surface area contributed by atoms with Gasteiger partial charge in [0.05, 0.1) is 30.7 Å². The maximum absolute atomic E-state index is 12.6. The van der Waals surface area contributed by atoms with Gasteiger partial charge in [-0.05, 0) is 115 Å². The average Bonchev–Trinajstić information content (AvgIpc) is 3.76. The molecule has 7 fully saturated rings. The van der Waals surface area contributed by atoms with Crippen molar-refractivity contribution in [2.75, 3.05) is 19.3 Å². The van der Waals surface area contributed by atoms with Gasteiger partial charge in [-0.2, -0.15) is 4.31 Å². The molecule has 39 heavy (non-hydrogen) atoms. The molecule has 7 aliphatic rings. The van der Waals surface area contributed by atoms with Gasteiger partial charge in [-0.15, -0.1) is 0 Å². The van der Waals surface area contributed by atoms with Crippen molar-refractivity contribution >= 4 is 10.0 Å². The number of nitrogens with zero attached hydrogens (tertiary/aromatic N) is 1. The lowest BCUT2D eigenvalue weighted by Crippen LogP contribution is -2.59. The molecule has 0 amide bonds. The maximum atomic E-state index is 12.6. The minimum absolute atomic E-state index is 0.0161. The molecule has 1 heterocycles. The van der Waals surface area contributed by atoms with Crippen molar-refractivity contribution in [2.24, 2.45) is 56.7 Å². The quantitative estimate of drug-likeness (QED) is 0.500. The van der Waals surface area contributed by atoms with Gasteiger partial charge in [0.2, 0.25) is 10.0 Å². The van der Waals surface area contributed by atoms with Gasteiger partial charge in [0.15, 0.2) is 0 Å². The lowest BCUT2D eigenvalue weighted by Gasteiger charge is -2.63. The molecule has 12 atom stereocenters. The van der Waals surface area contributed by atoms with Crippen LogP contribution in [0.15, 0.2) is 0 Å². The van der Waals surface area contributed by atoms with E-state index in [1.807, 2.05) is 0 Å². The van der Waals surface area contributed by atoms with Crippen LogP contribution in [0.25, 0.3) is 0 Å². The van der Waals surface area contributed by atoms with Crippen molar-refractivity contribution in [3.63, 3.8) is 0 Å². The number of aliphatic hydroxyl groups excluding tert-OH is 2. The predicted molar refractivity (Wildman–Crippen MR) is 151 cm³/mol. The van der Waals surface area contributed by atoms with Crippen LogP contribution < -0.4 is 0 Å². The fourth-order valence-electron chi connectivity index (χ4n) is 12.7. The van der Waals surface area contributed by atoms with E-state index in [0.29, 0.717) is 53.5 Å². The summed E-state index contributed by atoms with van der Waals surface area (Å²) in [6.45, 7) is 12.9. The summed E-state index contributed by atoms with van der Waals surface area (Å²) < 4.78 is 33.8. The van der Waals surface area contributed by atoms with Gasteiger partial charge >= 0.3 is 0 Å². The Labute approximate surface area is 236 Å². The summed E-state index contributed by atoms with van der Waals surface area (Å²) >= 11 is 0. The Morgan fingerprint density at radius 2 is 1.56 bits per heavy atom. The van der Waals surface area contributed by atoms with Crippen molar-refractivity contribution in [1.82, 2.24) is 4.31 Å². The van der Waals surface area contributed by atoms with Crippen LogP contribution in [-0.2, 0) is 14.8 Å². The summed E-state index contributed by atoms with van der Waals surface area (Å²) in [5.74, 6) is 2.25. The molecule has 7 heteroatoms.